The van der Waals surface area contributed by atoms with Gasteiger partial charge in [-0.25, -0.2) is 9.37 Å². The molecule has 31 heavy (non-hydrogen) atoms. The largest absolute Gasteiger partial charge is 0.457 e. The van der Waals surface area contributed by atoms with Gasteiger partial charge in [0.05, 0.1) is 22.2 Å². The molecule has 0 aliphatic carbocycles. The molecule has 2 aromatic heterocycles. The minimum atomic E-state index is -0.728. The number of ether oxygens (including phenoxy) is 1. The number of furan rings is 1. The maximum atomic E-state index is 13.4. The van der Waals surface area contributed by atoms with Crippen molar-refractivity contribution in [3.63, 3.8) is 0 Å². The number of carbonyl (C=O) groups is 1. The number of thiazole rings is 1. The molecule has 0 unspecified atom stereocenters. The monoisotopic (exact) mass is 436 g/mol. The third-order valence-electron chi connectivity index (χ3n) is 5.77. The van der Waals surface area contributed by atoms with E-state index in [4.69, 9.17) is 9.15 Å². The fourth-order valence-electron chi connectivity index (χ4n) is 4.04. The highest BCUT2D eigenvalue weighted by atomic mass is 32.1. The van der Waals surface area contributed by atoms with Crippen LogP contribution in [-0.4, -0.2) is 24.1 Å². The first kappa shape index (κ1) is 19.9. The molecular weight excluding hydrogens is 415 g/mol. The molecule has 1 aliphatic rings. The van der Waals surface area contributed by atoms with E-state index in [2.05, 4.69) is 10.3 Å². The Morgan fingerprint density at radius 1 is 1.06 bits per heavy atom. The smallest absolute Gasteiger partial charge is 0.231 e. The topological polar surface area (TPSA) is 64.4 Å². The second-order valence-corrected chi connectivity index (χ2v) is 8.67. The van der Waals surface area contributed by atoms with Crippen molar-refractivity contribution in [3.8, 4) is 10.8 Å². The number of hydrogen-bond donors (Lipinski definition) is 1. The number of fused-ring (bicyclic) bond motifs is 1. The summed E-state index contributed by atoms with van der Waals surface area (Å²) in [4.78, 5) is 17.9. The average molecular weight is 437 g/mol. The van der Waals surface area contributed by atoms with Crippen LogP contribution >= 0.6 is 11.3 Å². The molecule has 1 fully saturated rings. The summed E-state index contributed by atoms with van der Waals surface area (Å²) in [7, 11) is 0. The summed E-state index contributed by atoms with van der Waals surface area (Å²) in [5.74, 6) is 0.929. The third kappa shape index (κ3) is 3.86. The van der Waals surface area contributed by atoms with Gasteiger partial charge in [-0.15, -0.1) is 11.3 Å². The fraction of sp³-hybridized carbons (Fsp3) is 0.250. The molecule has 158 valence electrons. The minimum absolute atomic E-state index is 0.0969. The van der Waals surface area contributed by atoms with Crippen molar-refractivity contribution in [2.45, 2.75) is 24.8 Å². The number of carbonyl (C=O) groups excluding carboxylic acids is 1. The molecule has 7 heteroatoms. The van der Waals surface area contributed by atoms with Gasteiger partial charge in [-0.1, -0.05) is 24.3 Å². The number of halogens is 1. The van der Waals surface area contributed by atoms with E-state index in [-0.39, 0.29) is 18.3 Å². The van der Waals surface area contributed by atoms with E-state index in [0.29, 0.717) is 37.6 Å². The lowest BCUT2D eigenvalue weighted by atomic mass is 9.73. The Labute approximate surface area is 182 Å². The van der Waals surface area contributed by atoms with Gasteiger partial charge >= 0.3 is 0 Å². The van der Waals surface area contributed by atoms with Crippen molar-refractivity contribution in [1.82, 2.24) is 10.3 Å². The molecule has 0 saturated carbocycles. The lowest BCUT2D eigenvalue weighted by molar-refractivity contribution is -0.130. The molecule has 0 spiro atoms. The van der Waals surface area contributed by atoms with E-state index in [1.807, 2.05) is 36.4 Å². The Hall–Kier alpha value is -3.03. The van der Waals surface area contributed by atoms with Crippen LogP contribution in [0.1, 0.15) is 24.2 Å². The van der Waals surface area contributed by atoms with Gasteiger partial charge in [-0.3, -0.25) is 4.79 Å². The standard InChI is InChI=1S/C24H21FN2O3S/c25-17-7-5-16(6-8-17)24(11-13-29-14-12-24)23(28)26-15-18-9-10-20(30-18)22-27-19-3-1-2-4-21(19)31-22/h1-10H,11-15H2,(H,26,28). The quantitative estimate of drug-likeness (QED) is 0.475. The lowest BCUT2D eigenvalue weighted by Crippen LogP contribution is -2.47. The van der Waals surface area contributed by atoms with Crippen molar-refractivity contribution in [3.05, 3.63) is 77.8 Å². The van der Waals surface area contributed by atoms with E-state index in [9.17, 15) is 9.18 Å². The van der Waals surface area contributed by atoms with E-state index in [0.717, 1.165) is 20.8 Å². The van der Waals surface area contributed by atoms with Gasteiger partial charge < -0.3 is 14.5 Å². The molecule has 5 nitrogen and oxygen atoms in total. The number of benzene rings is 2. The molecule has 1 amide bonds. The Kier molecular flexibility index (Phi) is 5.29. The maximum Gasteiger partial charge on any atom is 0.231 e. The molecule has 1 N–H and O–H groups in total. The molecule has 0 radical (unpaired) electrons. The molecule has 4 aromatic rings. The van der Waals surface area contributed by atoms with E-state index in [1.165, 1.54) is 12.1 Å². The van der Waals surface area contributed by atoms with Gasteiger partial charge in [0.2, 0.25) is 5.91 Å². The summed E-state index contributed by atoms with van der Waals surface area (Å²) < 4.78 is 26.0. The molecule has 1 saturated heterocycles. The Bertz CT molecular complexity index is 1180. The van der Waals surface area contributed by atoms with E-state index < -0.39 is 5.41 Å². The summed E-state index contributed by atoms with van der Waals surface area (Å²) in [5, 5.41) is 3.83. The number of rotatable bonds is 5. The van der Waals surface area contributed by atoms with Gasteiger partial charge in [0, 0.05) is 13.2 Å². The molecule has 0 atom stereocenters. The van der Waals surface area contributed by atoms with Crippen LogP contribution in [0.5, 0.6) is 0 Å². The zero-order valence-corrected chi connectivity index (χ0v) is 17.6. The predicted octanol–water partition coefficient (Wildman–Crippen LogP) is 5.06. The number of nitrogens with zero attached hydrogens (tertiary/aromatic N) is 1. The molecule has 3 heterocycles. The van der Waals surface area contributed by atoms with Gasteiger partial charge in [-0.2, -0.15) is 0 Å². The first-order valence-electron chi connectivity index (χ1n) is 10.2. The summed E-state index contributed by atoms with van der Waals surface area (Å²) in [6.07, 6.45) is 1.11. The van der Waals surface area contributed by atoms with Crippen LogP contribution < -0.4 is 5.32 Å². The number of para-hydroxylation sites is 1. The van der Waals surface area contributed by atoms with E-state index >= 15 is 0 Å². The van der Waals surface area contributed by atoms with Crippen LogP contribution in [0.25, 0.3) is 21.0 Å². The van der Waals surface area contributed by atoms with Crippen molar-refractivity contribution in [1.29, 1.82) is 0 Å². The van der Waals surface area contributed by atoms with Crippen LogP contribution in [0.4, 0.5) is 4.39 Å². The number of amides is 1. The maximum absolute atomic E-state index is 13.4. The Morgan fingerprint density at radius 2 is 1.84 bits per heavy atom. The fourth-order valence-corrected chi connectivity index (χ4v) is 4.97. The molecule has 1 aliphatic heterocycles. The second-order valence-electron chi connectivity index (χ2n) is 7.64. The lowest BCUT2D eigenvalue weighted by Gasteiger charge is -2.36. The van der Waals surface area contributed by atoms with Crippen LogP contribution in [0.15, 0.2) is 65.1 Å². The highest BCUT2D eigenvalue weighted by Gasteiger charge is 2.41. The van der Waals surface area contributed by atoms with Gasteiger partial charge in [0.1, 0.15) is 11.6 Å². The molecule has 0 bridgehead atoms. The Morgan fingerprint density at radius 3 is 2.61 bits per heavy atom. The van der Waals surface area contributed by atoms with Crippen molar-refractivity contribution < 1.29 is 18.3 Å². The van der Waals surface area contributed by atoms with Crippen molar-refractivity contribution in [2.24, 2.45) is 0 Å². The number of nitrogens with one attached hydrogen (secondary N) is 1. The zero-order valence-electron chi connectivity index (χ0n) is 16.8. The van der Waals surface area contributed by atoms with Crippen molar-refractivity contribution >= 4 is 27.5 Å². The summed E-state index contributed by atoms with van der Waals surface area (Å²) in [6.45, 7) is 1.26. The van der Waals surface area contributed by atoms with Crippen LogP contribution in [0, 0.1) is 5.82 Å². The van der Waals surface area contributed by atoms with Crippen LogP contribution in [0.2, 0.25) is 0 Å². The van der Waals surface area contributed by atoms with Crippen LogP contribution in [-0.2, 0) is 21.5 Å². The molecular formula is C24H21FN2O3S. The minimum Gasteiger partial charge on any atom is -0.457 e. The Balaban J connectivity index is 1.32. The zero-order chi connectivity index (χ0) is 21.3. The highest BCUT2D eigenvalue weighted by Crippen LogP contribution is 2.36. The highest BCUT2D eigenvalue weighted by molar-refractivity contribution is 7.21. The van der Waals surface area contributed by atoms with Crippen LogP contribution in [0.3, 0.4) is 0 Å². The van der Waals surface area contributed by atoms with Gasteiger partial charge in [0.25, 0.3) is 0 Å². The average Bonchev–Trinajstić information content (AvgIpc) is 3.45. The summed E-state index contributed by atoms with van der Waals surface area (Å²) in [5.41, 5.74) is 1.02. The summed E-state index contributed by atoms with van der Waals surface area (Å²) >= 11 is 1.57. The van der Waals surface area contributed by atoms with E-state index in [1.54, 1.807) is 23.5 Å². The molecule has 2 aromatic carbocycles. The SMILES string of the molecule is O=C(NCc1ccc(-c2nc3ccccc3s2)o1)C1(c2ccc(F)cc2)CCOCC1. The number of aromatic nitrogens is 1. The second kappa shape index (κ2) is 8.24. The third-order valence-corrected chi connectivity index (χ3v) is 6.82. The summed E-state index contributed by atoms with van der Waals surface area (Å²) in [6, 6.07) is 17.9. The van der Waals surface area contributed by atoms with Crippen molar-refractivity contribution in [2.75, 3.05) is 13.2 Å². The van der Waals surface area contributed by atoms with Gasteiger partial charge in [-0.05, 0) is 54.8 Å². The molecule has 5 rings (SSSR count). The normalized spacial score (nSPS) is 15.8. The van der Waals surface area contributed by atoms with Gasteiger partial charge in [0.15, 0.2) is 10.8 Å². The number of hydrogen-bond acceptors (Lipinski definition) is 5. The predicted molar refractivity (Wildman–Crippen MR) is 117 cm³/mol. The first-order chi connectivity index (χ1) is 15.1. The first-order valence-corrected chi connectivity index (χ1v) is 11.0.